The molecule has 0 bridgehead atoms. The van der Waals surface area contributed by atoms with Crippen LogP contribution in [0.3, 0.4) is 0 Å². The van der Waals surface area contributed by atoms with E-state index in [4.69, 9.17) is 18.7 Å². The minimum absolute atomic E-state index is 0.485. The van der Waals surface area contributed by atoms with Gasteiger partial charge in [-0.05, 0) is 27.2 Å². The van der Waals surface area contributed by atoms with Crippen molar-refractivity contribution in [1.29, 1.82) is 0 Å². The van der Waals surface area contributed by atoms with Gasteiger partial charge in [0.1, 0.15) is 0 Å². The van der Waals surface area contributed by atoms with Crippen molar-refractivity contribution in [3.63, 3.8) is 0 Å². The minimum atomic E-state index is -1.36. The molecule has 0 spiro atoms. The summed E-state index contributed by atoms with van der Waals surface area (Å²) in [5, 5.41) is 0. The predicted molar refractivity (Wildman–Crippen MR) is 61.1 cm³/mol. The molecule has 1 heterocycles. The molecule has 0 aromatic heterocycles. The highest BCUT2D eigenvalue weighted by Gasteiger charge is 2.55. The van der Waals surface area contributed by atoms with Crippen molar-refractivity contribution in [3.05, 3.63) is 0 Å². The molecule has 1 aliphatic heterocycles. The molecule has 0 N–H and O–H groups in total. The molecule has 0 aromatic rings. The van der Waals surface area contributed by atoms with Crippen molar-refractivity contribution in [2.45, 2.75) is 45.2 Å². The van der Waals surface area contributed by atoms with Crippen LogP contribution in [0.15, 0.2) is 0 Å². The molecule has 0 amide bonds. The van der Waals surface area contributed by atoms with Crippen LogP contribution in [0.2, 0.25) is 0 Å². The molecule has 2 atom stereocenters. The molecule has 1 saturated heterocycles. The maximum absolute atomic E-state index is 10.8. The third kappa shape index (κ3) is 2.66. The van der Waals surface area contributed by atoms with E-state index in [0.29, 0.717) is 26.2 Å². The summed E-state index contributed by atoms with van der Waals surface area (Å²) in [6.07, 6.45) is 1.49. The second kappa shape index (κ2) is 6.12. The maximum Gasteiger partial charge on any atom is 0.229 e. The Bertz CT molecular complexity index is 221. The van der Waals surface area contributed by atoms with Gasteiger partial charge in [-0.25, -0.2) is 0 Å². The SMILES string of the molecule is CCOC(C)(OCC)C1(O[PH2]=O)CCCO1. The highest BCUT2D eigenvalue weighted by molar-refractivity contribution is 7.17. The first kappa shape index (κ1) is 14.1. The van der Waals surface area contributed by atoms with Crippen LogP contribution in [0.5, 0.6) is 0 Å². The van der Waals surface area contributed by atoms with E-state index in [1.807, 2.05) is 13.8 Å². The fourth-order valence-corrected chi connectivity index (χ4v) is 2.62. The Labute approximate surface area is 97.7 Å². The van der Waals surface area contributed by atoms with Crippen LogP contribution in [0.4, 0.5) is 0 Å². The van der Waals surface area contributed by atoms with Crippen molar-refractivity contribution in [3.8, 4) is 0 Å². The molecule has 0 saturated carbocycles. The minimum Gasteiger partial charge on any atom is -0.346 e. The highest BCUT2D eigenvalue weighted by Crippen LogP contribution is 2.42. The van der Waals surface area contributed by atoms with E-state index >= 15 is 0 Å². The zero-order valence-corrected chi connectivity index (χ0v) is 11.3. The van der Waals surface area contributed by atoms with Crippen molar-refractivity contribution < 1.29 is 23.3 Å². The van der Waals surface area contributed by atoms with Crippen molar-refractivity contribution in [2.75, 3.05) is 19.8 Å². The van der Waals surface area contributed by atoms with Crippen LogP contribution in [-0.4, -0.2) is 31.4 Å². The fraction of sp³-hybridized carbons (Fsp3) is 1.00. The van der Waals surface area contributed by atoms with Gasteiger partial charge in [-0.15, -0.1) is 0 Å². The monoisotopic (exact) mass is 252 g/mol. The number of hydrogen-bond acceptors (Lipinski definition) is 5. The van der Waals surface area contributed by atoms with Crippen LogP contribution in [0, 0.1) is 0 Å². The van der Waals surface area contributed by atoms with Crippen LogP contribution < -0.4 is 0 Å². The fourth-order valence-electron chi connectivity index (χ4n) is 2.06. The largest absolute Gasteiger partial charge is 0.346 e. The molecular formula is C10H21O5P. The van der Waals surface area contributed by atoms with Crippen LogP contribution >= 0.6 is 8.69 Å². The predicted octanol–water partition coefficient (Wildman–Crippen LogP) is 1.97. The van der Waals surface area contributed by atoms with E-state index in [2.05, 4.69) is 0 Å². The maximum atomic E-state index is 10.8. The van der Waals surface area contributed by atoms with Crippen molar-refractivity contribution in [1.82, 2.24) is 0 Å². The normalized spacial score (nSPS) is 26.9. The molecule has 5 nitrogen and oxygen atoms in total. The van der Waals surface area contributed by atoms with Gasteiger partial charge in [0.2, 0.25) is 11.6 Å². The third-order valence-electron chi connectivity index (χ3n) is 2.76. The Morgan fingerprint density at radius 3 is 2.38 bits per heavy atom. The lowest BCUT2D eigenvalue weighted by Crippen LogP contribution is -2.56. The first-order valence-corrected chi connectivity index (χ1v) is 6.61. The number of rotatable bonds is 7. The summed E-state index contributed by atoms with van der Waals surface area (Å²) in [7, 11) is -1.36. The van der Waals surface area contributed by atoms with Gasteiger partial charge in [0.15, 0.2) is 8.69 Å². The van der Waals surface area contributed by atoms with E-state index in [1.165, 1.54) is 0 Å². The molecule has 2 unspecified atom stereocenters. The summed E-state index contributed by atoms with van der Waals surface area (Å²) in [6, 6.07) is 0. The molecule has 16 heavy (non-hydrogen) atoms. The lowest BCUT2D eigenvalue weighted by atomic mass is 10.0. The molecule has 1 rings (SSSR count). The molecule has 0 radical (unpaired) electrons. The van der Waals surface area contributed by atoms with Gasteiger partial charge in [0.25, 0.3) is 0 Å². The zero-order chi connectivity index (χ0) is 12.1. The second-order valence-electron chi connectivity index (χ2n) is 3.73. The second-order valence-corrected chi connectivity index (χ2v) is 4.16. The van der Waals surface area contributed by atoms with Gasteiger partial charge in [-0.1, -0.05) is 0 Å². The topological polar surface area (TPSA) is 54.0 Å². The standard InChI is InChI=1S/C10H21O5P/c1-4-12-9(3,13-5-2)10(15-16-11)7-6-8-14-10/h4-8,16H2,1-3H3. The molecule has 1 aliphatic rings. The smallest absolute Gasteiger partial charge is 0.229 e. The van der Waals surface area contributed by atoms with Gasteiger partial charge in [-0.2, -0.15) is 0 Å². The lowest BCUT2D eigenvalue weighted by Gasteiger charge is -2.42. The van der Waals surface area contributed by atoms with Crippen LogP contribution in [0.25, 0.3) is 0 Å². The van der Waals surface area contributed by atoms with Crippen LogP contribution in [0.1, 0.15) is 33.6 Å². The quantitative estimate of drug-likeness (QED) is 0.512. The molecule has 0 aromatic carbocycles. The van der Waals surface area contributed by atoms with E-state index in [-0.39, 0.29) is 0 Å². The van der Waals surface area contributed by atoms with Gasteiger partial charge < -0.3 is 14.2 Å². The molecule has 1 fully saturated rings. The van der Waals surface area contributed by atoms with Gasteiger partial charge in [0, 0.05) is 19.6 Å². The summed E-state index contributed by atoms with van der Waals surface area (Å²) in [4.78, 5) is 0. The van der Waals surface area contributed by atoms with E-state index in [9.17, 15) is 4.57 Å². The number of hydrogen-bond donors (Lipinski definition) is 0. The molecular weight excluding hydrogens is 231 g/mol. The molecule has 96 valence electrons. The summed E-state index contributed by atoms with van der Waals surface area (Å²) in [6.45, 7) is 7.09. The lowest BCUT2D eigenvalue weighted by molar-refractivity contribution is -0.365. The Balaban J connectivity index is 2.90. The Morgan fingerprint density at radius 1 is 1.38 bits per heavy atom. The van der Waals surface area contributed by atoms with E-state index in [1.54, 1.807) is 6.92 Å². The molecule has 0 aliphatic carbocycles. The Hall–Kier alpha value is 0.0700. The first-order valence-electron chi connectivity index (χ1n) is 5.67. The highest BCUT2D eigenvalue weighted by atomic mass is 31.1. The average Bonchev–Trinajstić information content (AvgIpc) is 2.69. The molecule has 6 heteroatoms. The van der Waals surface area contributed by atoms with E-state index < -0.39 is 20.3 Å². The van der Waals surface area contributed by atoms with Gasteiger partial charge >= 0.3 is 0 Å². The summed E-state index contributed by atoms with van der Waals surface area (Å²) >= 11 is 0. The van der Waals surface area contributed by atoms with Crippen molar-refractivity contribution in [2.24, 2.45) is 0 Å². The van der Waals surface area contributed by atoms with Gasteiger partial charge in [-0.3, -0.25) is 9.09 Å². The average molecular weight is 252 g/mol. The van der Waals surface area contributed by atoms with Gasteiger partial charge in [0.05, 0.1) is 6.61 Å². The Kier molecular flexibility index (Phi) is 5.41. The third-order valence-corrected chi connectivity index (χ3v) is 3.23. The number of ether oxygens (including phenoxy) is 3. The summed E-state index contributed by atoms with van der Waals surface area (Å²) < 4.78 is 33.0. The van der Waals surface area contributed by atoms with Crippen LogP contribution in [-0.2, 0) is 23.3 Å². The first-order chi connectivity index (χ1) is 7.64. The summed E-state index contributed by atoms with van der Waals surface area (Å²) in [5.74, 6) is -2.01. The summed E-state index contributed by atoms with van der Waals surface area (Å²) in [5.41, 5.74) is 0. The Morgan fingerprint density at radius 2 is 2.00 bits per heavy atom. The van der Waals surface area contributed by atoms with E-state index in [0.717, 1.165) is 6.42 Å². The van der Waals surface area contributed by atoms with Crippen molar-refractivity contribution >= 4 is 8.69 Å². The zero-order valence-electron chi connectivity index (χ0n) is 10.2.